The Labute approximate surface area is 138 Å². The van der Waals surface area contributed by atoms with E-state index in [2.05, 4.69) is 5.32 Å². The van der Waals surface area contributed by atoms with Crippen molar-refractivity contribution < 1.29 is 9.15 Å². The second-order valence-corrected chi connectivity index (χ2v) is 5.65. The fourth-order valence-corrected chi connectivity index (χ4v) is 2.69. The van der Waals surface area contributed by atoms with Crippen LogP contribution in [0, 0.1) is 6.92 Å². The fraction of sp³-hybridized carbons (Fsp3) is 0.167. The van der Waals surface area contributed by atoms with Crippen molar-refractivity contribution in [1.82, 2.24) is 0 Å². The van der Waals surface area contributed by atoms with Gasteiger partial charge in [-0.25, -0.2) is 4.79 Å². The first-order valence-corrected chi connectivity index (χ1v) is 7.59. The summed E-state index contributed by atoms with van der Waals surface area (Å²) in [4.78, 5) is 11.9. The summed E-state index contributed by atoms with van der Waals surface area (Å²) in [7, 11) is 1.78. The molecule has 2 aromatic carbocycles. The van der Waals surface area contributed by atoms with Crippen LogP contribution in [0.15, 0.2) is 51.7 Å². The lowest BCUT2D eigenvalue weighted by atomic mass is 10.1. The molecule has 0 spiro atoms. The summed E-state index contributed by atoms with van der Waals surface area (Å²) in [5, 5.41) is 4.57. The minimum absolute atomic E-state index is 0.353. The molecule has 0 radical (unpaired) electrons. The predicted octanol–water partition coefficient (Wildman–Crippen LogP) is 4.38. The van der Waals surface area contributed by atoms with Gasteiger partial charge in [0.05, 0.1) is 11.3 Å². The molecule has 0 aliphatic heterocycles. The Hall–Kier alpha value is -2.46. The van der Waals surface area contributed by atoms with E-state index in [0.717, 1.165) is 16.6 Å². The van der Waals surface area contributed by atoms with E-state index in [-0.39, 0.29) is 5.63 Å². The van der Waals surface area contributed by atoms with E-state index in [4.69, 9.17) is 20.8 Å². The van der Waals surface area contributed by atoms with Gasteiger partial charge in [0.15, 0.2) is 0 Å². The van der Waals surface area contributed by atoms with Gasteiger partial charge in [-0.15, -0.1) is 0 Å². The summed E-state index contributed by atoms with van der Waals surface area (Å²) in [5.41, 5.74) is 2.45. The minimum atomic E-state index is -0.353. The van der Waals surface area contributed by atoms with Crippen LogP contribution in [0.4, 0.5) is 5.69 Å². The van der Waals surface area contributed by atoms with Crippen molar-refractivity contribution >= 4 is 28.3 Å². The summed E-state index contributed by atoms with van der Waals surface area (Å²) < 4.78 is 11.1. The number of nitrogens with one attached hydrogen (secondary N) is 1. The molecule has 0 saturated heterocycles. The lowest BCUT2D eigenvalue weighted by molar-refractivity contribution is 0.306. The first-order valence-electron chi connectivity index (χ1n) is 7.21. The molecular weight excluding hydrogens is 314 g/mol. The number of hydrogen-bond donors (Lipinski definition) is 1. The van der Waals surface area contributed by atoms with E-state index >= 15 is 0 Å². The van der Waals surface area contributed by atoms with E-state index in [9.17, 15) is 4.79 Å². The van der Waals surface area contributed by atoms with Crippen molar-refractivity contribution in [2.24, 2.45) is 0 Å². The normalized spacial score (nSPS) is 10.7. The molecule has 0 amide bonds. The van der Waals surface area contributed by atoms with Gasteiger partial charge >= 0.3 is 5.63 Å². The average molecular weight is 330 g/mol. The fourth-order valence-electron chi connectivity index (χ4n) is 2.48. The molecule has 4 nitrogen and oxygen atoms in total. The van der Waals surface area contributed by atoms with Crippen LogP contribution in [0.25, 0.3) is 11.0 Å². The van der Waals surface area contributed by atoms with Crippen LogP contribution < -0.4 is 15.7 Å². The van der Waals surface area contributed by atoms with Gasteiger partial charge in [0.1, 0.15) is 17.9 Å². The Morgan fingerprint density at radius 3 is 2.78 bits per heavy atom. The molecule has 118 valence electrons. The maximum atomic E-state index is 11.9. The van der Waals surface area contributed by atoms with Crippen LogP contribution in [-0.2, 0) is 6.61 Å². The quantitative estimate of drug-likeness (QED) is 0.722. The van der Waals surface area contributed by atoms with Gasteiger partial charge in [0, 0.05) is 23.5 Å². The van der Waals surface area contributed by atoms with Gasteiger partial charge in [-0.1, -0.05) is 23.7 Å². The molecule has 5 heteroatoms. The van der Waals surface area contributed by atoms with Gasteiger partial charge in [-0.05, 0) is 36.8 Å². The highest BCUT2D eigenvalue weighted by molar-refractivity contribution is 6.30. The Balaban J connectivity index is 1.91. The van der Waals surface area contributed by atoms with Gasteiger partial charge in [-0.3, -0.25) is 0 Å². The lowest BCUT2D eigenvalue weighted by Gasteiger charge is -2.10. The molecule has 0 unspecified atom stereocenters. The zero-order valence-corrected chi connectivity index (χ0v) is 13.6. The lowest BCUT2D eigenvalue weighted by Crippen LogP contribution is -2.07. The third-order valence-corrected chi connectivity index (χ3v) is 3.89. The van der Waals surface area contributed by atoms with Crippen LogP contribution in [0.2, 0.25) is 5.02 Å². The summed E-state index contributed by atoms with van der Waals surface area (Å²) in [6.07, 6.45) is 0. The van der Waals surface area contributed by atoms with E-state index in [1.54, 1.807) is 20.0 Å². The van der Waals surface area contributed by atoms with E-state index in [0.29, 0.717) is 28.5 Å². The number of hydrogen-bond acceptors (Lipinski definition) is 4. The maximum absolute atomic E-state index is 11.9. The van der Waals surface area contributed by atoms with Gasteiger partial charge < -0.3 is 14.5 Å². The summed E-state index contributed by atoms with van der Waals surface area (Å²) in [6, 6.07) is 12.9. The van der Waals surface area contributed by atoms with Crippen molar-refractivity contribution in [3.05, 3.63) is 69.0 Å². The molecule has 1 N–H and O–H groups in total. The zero-order valence-electron chi connectivity index (χ0n) is 12.9. The average Bonchev–Trinajstić information content (AvgIpc) is 2.54. The Kier molecular flexibility index (Phi) is 4.26. The molecule has 23 heavy (non-hydrogen) atoms. The molecule has 0 atom stereocenters. The summed E-state index contributed by atoms with van der Waals surface area (Å²) >= 11 is 5.96. The van der Waals surface area contributed by atoms with E-state index in [1.165, 1.54) is 0 Å². The number of fused-ring (bicyclic) bond motifs is 1. The van der Waals surface area contributed by atoms with Gasteiger partial charge in [0.25, 0.3) is 0 Å². The molecular formula is C18H16ClNO3. The maximum Gasteiger partial charge on any atom is 0.341 e. The highest BCUT2D eigenvalue weighted by atomic mass is 35.5. The van der Waals surface area contributed by atoms with Crippen molar-refractivity contribution in [3.63, 3.8) is 0 Å². The van der Waals surface area contributed by atoms with Crippen molar-refractivity contribution in [1.29, 1.82) is 0 Å². The Morgan fingerprint density at radius 1 is 1.22 bits per heavy atom. The van der Waals surface area contributed by atoms with Crippen molar-refractivity contribution in [2.45, 2.75) is 13.5 Å². The Morgan fingerprint density at radius 2 is 2.04 bits per heavy atom. The zero-order chi connectivity index (χ0) is 16.4. The SMILES string of the molecule is CNc1c(C)c(=O)oc2cc(OCc3cccc(Cl)c3)ccc12. The van der Waals surface area contributed by atoms with Crippen LogP contribution in [0.5, 0.6) is 5.75 Å². The number of anilines is 1. The molecule has 3 aromatic rings. The highest BCUT2D eigenvalue weighted by Gasteiger charge is 2.10. The molecule has 0 bridgehead atoms. The molecule has 0 aliphatic carbocycles. The van der Waals surface area contributed by atoms with Gasteiger partial charge in [0.2, 0.25) is 0 Å². The molecule has 1 aromatic heterocycles. The largest absolute Gasteiger partial charge is 0.489 e. The van der Waals surface area contributed by atoms with Crippen molar-refractivity contribution in [2.75, 3.05) is 12.4 Å². The standard InChI is InChI=1S/C18H16ClNO3/c1-11-17(20-2)15-7-6-14(9-16(15)23-18(11)21)22-10-12-4-3-5-13(19)8-12/h3-9,20H,10H2,1-2H3. The molecule has 0 fully saturated rings. The summed E-state index contributed by atoms with van der Waals surface area (Å²) in [6.45, 7) is 2.13. The first kappa shape index (κ1) is 15.4. The molecule has 0 saturated carbocycles. The van der Waals surface area contributed by atoms with E-state index in [1.807, 2.05) is 36.4 Å². The third-order valence-electron chi connectivity index (χ3n) is 3.65. The smallest absolute Gasteiger partial charge is 0.341 e. The van der Waals surface area contributed by atoms with Crippen molar-refractivity contribution in [3.8, 4) is 5.75 Å². The van der Waals surface area contributed by atoms with Crippen LogP contribution >= 0.6 is 11.6 Å². The minimum Gasteiger partial charge on any atom is -0.489 e. The second kappa shape index (κ2) is 6.34. The highest BCUT2D eigenvalue weighted by Crippen LogP contribution is 2.28. The third kappa shape index (κ3) is 3.17. The second-order valence-electron chi connectivity index (χ2n) is 5.22. The number of benzene rings is 2. The first-order chi connectivity index (χ1) is 11.1. The number of halogens is 1. The van der Waals surface area contributed by atoms with Crippen LogP contribution in [0.3, 0.4) is 0 Å². The number of rotatable bonds is 4. The molecule has 3 rings (SSSR count). The van der Waals surface area contributed by atoms with E-state index < -0.39 is 0 Å². The summed E-state index contributed by atoms with van der Waals surface area (Å²) in [5.74, 6) is 0.631. The Bertz CT molecular complexity index is 918. The van der Waals surface area contributed by atoms with Crippen LogP contribution in [-0.4, -0.2) is 7.05 Å². The molecule has 1 heterocycles. The molecule has 0 aliphatic rings. The predicted molar refractivity (Wildman–Crippen MR) is 92.6 cm³/mol. The monoisotopic (exact) mass is 329 g/mol. The van der Waals surface area contributed by atoms with Crippen LogP contribution in [0.1, 0.15) is 11.1 Å². The van der Waals surface area contributed by atoms with Gasteiger partial charge in [-0.2, -0.15) is 0 Å². The number of ether oxygens (including phenoxy) is 1. The topological polar surface area (TPSA) is 51.5 Å².